The number of amides is 3. The Bertz CT molecular complexity index is 739. The van der Waals surface area contributed by atoms with E-state index in [1.54, 1.807) is 24.3 Å². The van der Waals surface area contributed by atoms with Crippen molar-refractivity contribution >= 4 is 17.6 Å². The van der Waals surface area contributed by atoms with Crippen LogP contribution in [0.2, 0.25) is 0 Å². The maximum Gasteiger partial charge on any atom is 0.321 e. The van der Waals surface area contributed by atoms with E-state index in [1.807, 2.05) is 11.4 Å². The Hall–Kier alpha value is -3.03. The monoisotopic (exact) mass is 337 g/mol. The highest BCUT2D eigenvalue weighted by Crippen LogP contribution is 2.19. The van der Waals surface area contributed by atoms with E-state index in [0.29, 0.717) is 0 Å². The zero-order chi connectivity index (χ0) is 17.5. The van der Waals surface area contributed by atoms with Gasteiger partial charge in [-0.2, -0.15) is 0 Å². The van der Waals surface area contributed by atoms with Gasteiger partial charge < -0.3 is 10.6 Å². The fourth-order valence-corrected chi connectivity index (χ4v) is 1.83. The molecule has 5 nitrogen and oxygen atoms in total. The average molecular weight is 337 g/mol. The van der Waals surface area contributed by atoms with Crippen molar-refractivity contribution in [1.82, 2.24) is 10.6 Å². The van der Waals surface area contributed by atoms with Crippen LogP contribution in [0.15, 0.2) is 42.5 Å². The van der Waals surface area contributed by atoms with Crippen molar-refractivity contribution < 1.29 is 22.8 Å². The molecule has 0 saturated heterocycles. The summed E-state index contributed by atoms with van der Waals surface area (Å²) in [5, 5.41) is 6.78. The normalized spacial score (nSPS) is 10.1. The highest BCUT2D eigenvalue weighted by atomic mass is 19.2. The molecule has 0 saturated carbocycles. The summed E-state index contributed by atoms with van der Waals surface area (Å²) in [6.07, 6.45) is 0. The van der Waals surface area contributed by atoms with Gasteiger partial charge in [0.05, 0.1) is 12.2 Å². The highest BCUT2D eigenvalue weighted by Gasteiger charge is 2.14. The number of imide groups is 1. The number of carbonyl (C=O) groups excluding carboxylic acids is 2. The van der Waals surface area contributed by atoms with Gasteiger partial charge in [-0.3, -0.25) is 10.1 Å². The first-order valence-electron chi connectivity index (χ1n) is 6.96. The lowest BCUT2D eigenvalue weighted by atomic mass is 10.2. The summed E-state index contributed by atoms with van der Waals surface area (Å²) in [4.78, 5) is 23.1. The molecule has 0 radical (unpaired) electrons. The van der Waals surface area contributed by atoms with Gasteiger partial charge in [-0.05, 0) is 17.7 Å². The largest absolute Gasteiger partial charge is 0.374 e. The SMILES string of the molecule is O=C(CNc1ccc(F)c(F)c1F)NC(=O)NCc1ccccc1. The van der Waals surface area contributed by atoms with Gasteiger partial charge in [0.1, 0.15) is 0 Å². The molecule has 2 rings (SSSR count). The minimum atomic E-state index is -1.64. The van der Waals surface area contributed by atoms with Crippen LogP contribution in [-0.4, -0.2) is 18.5 Å². The molecule has 0 fully saturated rings. The molecule has 2 aromatic rings. The molecule has 0 aliphatic carbocycles. The number of carbonyl (C=O) groups is 2. The van der Waals surface area contributed by atoms with Crippen LogP contribution < -0.4 is 16.0 Å². The number of halogens is 3. The van der Waals surface area contributed by atoms with E-state index < -0.39 is 35.9 Å². The highest BCUT2D eigenvalue weighted by molar-refractivity contribution is 5.96. The van der Waals surface area contributed by atoms with Crippen molar-refractivity contribution in [2.24, 2.45) is 0 Å². The van der Waals surface area contributed by atoms with Crippen LogP contribution in [0.3, 0.4) is 0 Å². The van der Waals surface area contributed by atoms with Crippen molar-refractivity contribution in [2.75, 3.05) is 11.9 Å². The first-order chi connectivity index (χ1) is 11.5. The second-order valence-corrected chi connectivity index (χ2v) is 4.79. The maximum atomic E-state index is 13.4. The average Bonchev–Trinajstić information content (AvgIpc) is 2.58. The predicted molar refractivity (Wildman–Crippen MR) is 81.6 cm³/mol. The van der Waals surface area contributed by atoms with Crippen molar-refractivity contribution in [3.8, 4) is 0 Å². The molecule has 0 bridgehead atoms. The van der Waals surface area contributed by atoms with Crippen molar-refractivity contribution in [3.63, 3.8) is 0 Å². The smallest absolute Gasteiger partial charge is 0.321 e. The third-order valence-corrected chi connectivity index (χ3v) is 3.02. The van der Waals surface area contributed by atoms with Crippen LogP contribution in [0.4, 0.5) is 23.7 Å². The van der Waals surface area contributed by atoms with Gasteiger partial charge in [0.15, 0.2) is 17.5 Å². The van der Waals surface area contributed by atoms with Crippen molar-refractivity contribution in [1.29, 1.82) is 0 Å². The van der Waals surface area contributed by atoms with E-state index >= 15 is 0 Å². The number of rotatable bonds is 5. The number of anilines is 1. The molecular formula is C16H14F3N3O2. The molecule has 3 amide bonds. The van der Waals surface area contributed by atoms with Gasteiger partial charge in [-0.25, -0.2) is 18.0 Å². The first kappa shape index (κ1) is 17.3. The van der Waals surface area contributed by atoms with Crippen LogP contribution in [0.1, 0.15) is 5.56 Å². The first-order valence-corrected chi connectivity index (χ1v) is 6.96. The lowest BCUT2D eigenvalue weighted by Crippen LogP contribution is -2.41. The molecule has 2 aromatic carbocycles. The molecule has 0 aromatic heterocycles. The Balaban J connectivity index is 1.79. The van der Waals surface area contributed by atoms with Gasteiger partial charge in [0.25, 0.3) is 0 Å². The number of hydrogen-bond acceptors (Lipinski definition) is 3. The molecule has 126 valence electrons. The number of hydrogen-bond donors (Lipinski definition) is 3. The number of nitrogens with one attached hydrogen (secondary N) is 3. The predicted octanol–water partition coefficient (Wildman–Crippen LogP) is 2.54. The minimum Gasteiger partial charge on any atom is -0.374 e. The minimum absolute atomic E-state index is 0.227. The lowest BCUT2D eigenvalue weighted by molar-refractivity contribution is -0.118. The van der Waals surface area contributed by atoms with Gasteiger partial charge in [0, 0.05) is 6.54 Å². The fourth-order valence-electron chi connectivity index (χ4n) is 1.83. The zero-order valence-electron chi connectivity index (χ0n) is 12.4. The van der Waals surface area contributed by atoms with E-state index in [9.17, 15) is 22.8 Å². The van der Waals surface area contributed by atoms with E-state index in [1.165, 1.54) is 0 Å². The molecule has 0 aliphatic rings. The van der Waals surface area contributed by atoms with E-state index in [4.69, 9.17) is 0 Å². The molecule has 0 atom stereocenters. The zero-order valence-corrected chi connectivity index (χ0v) is 12.4. The number of benzene rings is 2. The summed E-state index contributed by atoms with van der Waals surface area (Å²) in [5.74, 6) is -5.16. The Labute approximate surface area is 135 Å². The third-order valence-electron chi connectivity index (χ3n) is 3.02. The molecule has 8 heteroatoms. The molecule has 0 heterocycles. The van der Waals surface area contributed by atoms with Crippen LogP contribution in [-0.2, 0) is 11.3 Å². The van der Waals surface area contributed by atoms with Crippen molar-refractivity contribution in [3.05, 3.63) is 65.5 Å². The maximum absolute atomic E-state index is 13.4. The second-order valence-electron chi connectivity index (χ2n) is 4.79. The van der Waals surface area contributed by atoms with Gasteiger partial charge in [0.2, 0.25) is 5.91 Å². The lowest BCUT2D eigenvalue weighted by Gasteiger charge is -2.09. The van der Waals surface area contributed by atoms with E-state index in [-0.39, 0.29) is 12.2 Å². The molecular weight excluding hydrogens is 323 g/mol. The van der Waals surface area contributed by atoms with Gasteiger partial charge >= 0.3 is 6.03 Å². The molecule has 24 heavy (non-hydrogen) atoms. The molecule has 3 N–H and O–H groups in total. The summed E-state index contributed by atoms with van der Waals surface area (Å²) in [7, 11) is 0. The topological polar surface area (TPSA) is 70.2 Å². The standard InChI is InChI=1S/C16H14F3N3O2/c17-11-6-7-12(15(19)14(11)18)20-9-13(23)22-16(24)21-8-10-4-2-1-3-5-10/h1-7,20H,8-9H2,(H2,21,22,23,24). The van der Waals surface area contributed by atoms with Gasteiger partial charge in [-0.1, -0.05) is 30.3 Å². The summed E-state index contributed by atoms with van der Waals surface area (Å²) < 4.78 is 39.2. The third kappa shape index (κ3) is 4.73. The summed E-state index contributed by atoms with van der Waals surface area (Å²) in [6.45, 7) is -0.258. The van der Waals surface area contributed by atoms with Gasteiger partial charge in [-0.15, -0.1) is 0 Å². The summed E-state index contributed by atoms with van der Waals surface area (Å²) in [6, 6.07) is 10.0. The second kappa shape index (κ2) is 8.00. The molecule has 0 spiro atoms. The quantitative estimate of drug-likeness (QED) is 0.735. The summed E-state index contributed by atoms with van der Waals surface area (Å²) >= 11 is 0. The van der Waals surface area contributed by atoms with E-state index in [2.05, 4.69) is 10.6 Å². The Kier molecular flexibility index (Phi) is 5.78. The molecule has 0 unspecified atom stereocenters. The fraction of sp³-hybridized carbons (Fsp3) is 0.125. The van der Waals surface area contributed by atoms with Crippen LogP contribution in [0.25, 0.3) is 0 Å². The van der Waals surface area contributed by atoms with Crippen molar-refractivity contribution in [2.45, 2.75) is 6.54 Å². The summed E-state index contributed by atoms with van der Waals surface area (Å²) in [5.41, 5.74) is 0.468. The van der Waals surface area contributed by atoms with E-state index in [0.717, 1.165) is 17.7 Å². The Morgan fingerprint density at radius 1 is 0.917 bits per heavy atom. The van der Waals surface area contributed by atoms with Crippen LogP contribution in [0, 0.1) is 17.5 Å². The van der Waals surface area contributed by atoms with Crippen LogP contribution in [0.5, 0.6) is 0 Å². The number of urea groups is 1. The van der Waals surface area contributed by atoms with Crippen LogP contribution >= 0.6 is 0 Å². The Morgan fingerprint density at radius 2 is 1.62 bits per heavy atom. The Morgan fingerprint density at radius 3 is 2.33 bits per heavy atom. The molecule has 0 aliphatic heterocycles.